The number of hydrogen-bond donors (Lipinski definition) is 3. The molecule has 4 N–H and O–H groups in total. The van der Waals surface area contributed by atoms with Gasteiger partial charge in [-0.15, -0.1) is 5.10 Å². The summed E-state index contributed by atoms with van der Waals surface area (Å²) < 4.78 is 16.3. The van der Waals surface area contributed by atoms with Crippen molar-refractivity contribution in [1.29, 1.82) is 0 Å². The van der Waals surface area contributed by atoms with Crippen molar-refractivity contribution in [2.75, 3.05) is 5.73 Å². The summed E-state index contributed by atoms with van der Waals surface area (Å²) >= 11 is 0. The lowest BCUT2D eigenvalue weighted by Crippen LogP contribution is -2.16. The number of nitrogens with two attached hydrogens (primary N) is 1. The largest absolute Gasteiger partial charge is 0.508 e. The van der Waals surface area contributed by atoms with Crippen LogP contribution in [-0.2, 0) is 12.1 Å². The van der Waals surface area contributed by atoms with Crippen LogP contribution in [0.3, 0.4) is 0 Å². The van der Waals surface area contributed by atoms with Gasteiger partial charge in [0.15, 0.2) is 17.5 Å². The van der Waals surface area contributed by atoms with E-state index in [2.05, 4.69) is 20.3 Å². The van der Waals surface area contributed by atoms with Crippen molar-refractivity contribution in [3.8, 4) is 28.5 Å². The molecule has 0 aliphatic rings. The van der Waals surface area contributed by atoms with Crippen LogP contribution < -0.4 is 5.73 Å². The van der Waals surface area contributed by atoms with E-state index in [1.54, 1.807) is 26.0 Å². The molecular weight excluding hydrogens is 423 g/mol. The van der Waals surface area contributed by atoms with Gasteiger partial charge in [0, 0.05) is 11.1 Å². The van der Waals surface area contributed by atoms with Gasteiger partial charge in [0.1, 0.15) is 17.1 Å². The topological polar surface area (TPSA) is 123 Å². The molecule has 0 unspecified atom stereocenters. The van der Waals surface area contributed by atoms with Crippen molar-refractivity contribution < 1.29 is 14.6 Å². The van der Waals surface area contributed by atoms with Gasteiger partial charge in [-0.1, -0.05) is 29.5 Å². The van der Waals surface area contributed by atoms with Gasteiger partial charge in [-0.25, -0.2) is 19.0 Å². The quantitative estimate of drug-likeness (QED) is 0.425. The number of halogens is 1. The zero-order valence-corrected chi connectivity index (χ0v) is 18.8. The number of nitrogen functional groups attached to an aromatic ring is 1. The molecule has 4 aromatic rings. The fraction of sp³-hybridized carbons (Fsp3) is 0.250. The Balaban J connectivity index is 1.71. The fourth-order valence-electron chi connectivity index (χ4n) is 3.50. The van der Waals surface area contributed by atoms with E-state index in [9.17, 15) is 14.6 Å². The molecule has 33 heavy (non-hydrogen) atoms. The highest BCUT2D eigenvalue weighted by Gasteiger charge is 2.20. The van der Waals surface area contributed by atoms with Gasteiger partial charge in [0.2, 0.25) is 0 Å². The smallest absolute Gasteiger partial charge is 0.193 e. The molecule has 0 fully saturated rings. The van der Waals surface area contributed by atoms with E-state index in [0.717, 1.165) is 16.7 Å². The molecule has 4 rings (SSSR count). The van der Waals surface area contributed by atoms with E-state index in [4.69, 9.17) is 5.73 Å². The molecule has 9 heteroatoms. The van der Waals surface area contributed by atoms with Gasteiger partial charge in [0.25, 0.3) is 0 Å². The maximum Gasteiger partial charge on any atom is 0.193 e. The number of aliphatic hydroxyl groups is 1. The van der Waals surface area contributed by atoms with E-state index in [1.807, 2.05) is 32.0 Å². The van der Waals surface area contributed by atoms with Gasteiger partial charge < -0.3 is 15.9 Å². The van der Waals surface area contributed by atoms with Crippen LogP contribution in [0.1, 0.15) is 36.1 Å². The summed E-state index contributed by atoms with van der Waals surface area (Å²) in [5.41, 5.74) is 8.87. The van der Waals surface area contributed by atoms with Crippen LogP contribution in [0.25, 0.3) is 22.8 Å². The molecule has 0 atom stereocenters. The molecule has 0 saturated carbocycles. The van der Waals surface area contributed by atoms with Gasteiger partial charge in [0.05, 0.1) is 18.3 Å². The lowest BCUT2D eigenvalue weighted by atomic mass is 9.96. The van der Waals surface area contributed by atoms with E-state index < -0.39 is 11.4 Å². The number of phenols is 1. The second kappa shape index (κ2) is 8.25. The monoisotopic (exact) mass is 448 g/mol. The Kier molecular flexibility index (Phi) is 5.59. The molecule has 170 valence electrons. The van der Waals surface area contributed by atoms with Crippen molar-refractivity contribution in [3.63, 3.8) is 0 Å². The lowest BCUT2D eigenvalue weighted by molar-refractivity contribution is 0.0784. The van der Waals surface area contributed by atoms with Gasteiger partial charge in [-0.3, -0.25) is 0 Å². The molecule has 2 aromatic heterocycles. The molecule has 2 aromatic carbocycles. The van der Waals surface area contributed by atoms with Crippen LogP contribution in [0, 0.1) is 19.7 Å². The van der Waals surface area contributed by atoms with Crippen molar-refractivity contribution in [2.24, 2.45) is 0 Å². The summed E-state index contributed by atoms with van der Waals surface area (Å²) in [5, 5.41) is 28.6. The summed E-state index contributed by atoms with van der Waals surface area (Å²) in [7, 11) is 0. The van der Waals surface area contributed by atoms with Crippen molar-refractivity contribution in [1.82, 2.24) is 25.0 Å². The SMILES string of the molecule is Cc1cccc(-c2nc(N)c(F)c(-c3cn(Cc4cc(C(C)(C)O)ccc4O)nn3)n2)c1C. The Morgan fingerprint density at radius 2 is 1.88 bits per heavy atom. The average molecular weight is 449 g/mol. The Morgan fingerprint density at radius 3 is 2.61 bits per heavy atom. The Hall–Kier alpha value is -3.85. The first-order chi connectivity index (χ1) is 15.5. The minimum absolute atomic E-state index is 0.0507. The van der Waals surface area contributed by atoms with Gasteiger partial charge >= 0.3 is 0 Å². The zero-order valence-electron chi connectivity index (χ0n) is 18.8. The predicted molar refractivity (Wildman–Crippen MR) is 123 cm³/mol. The summed E-state index contributed by atoms with van der Waals surface area (Å²) in [6.07, 6.45) is 1.52. The molecule has 0 aliphatic heterocycles. The highest BCUT2D eigenvalue weighted by molar-refractivity contribution is 5.68. The second-order valence-corrected chi connectivity index (χ2v) is 8.55. The number of rotatable bonds is 5. The minimum Gasteiger partial charge on any atom is -0.508 e. The normalized spacial score (nSPS) is 11.7. The Morgan fingerprint density at radius 1 is 1.12 bits per heavy atom. The number of hydrogen-bond acceptors (Lipinski definition) is 7. The second-order valence-electron chi connectivity index (χ2n) is 8.55. The van der Waals surface area contributed by atoms with E-state index in [0.29, 0.717) is 17.0 Å². The van der Waals surface area contributed by atoms with Crippen LogP contribution >= 0.6 is 0 Å². The average Bonchev–Trinajstić information content (AvgIpc) is 3.21. The maximum atomic E-state index is 14.9. The number of phenolic OH excluding ortho intramolecular Hbond substituents is 1. The molecule has 0 aliphatic carbocycles. The first kappa shape index (κ1) is 22.3. The number of anilines is 1. The molecule has 0 saturated heterocycles. The molecule has 2 heterocycles. The molecule has 0 radical (unpaired) electrons. The zero-order chi connectivity index (χ0) is 23.9. The highest BCUT2D eigenvalue weighted by atomic mass is 19.1. The number of nitrogens with zero attached hydrogens (tertiary/aromatic N) is 5. The van der Waals surface area contributed by atoms with Crippen LogP contribution in [-0.4, -0.2) is 35.2 Å². The molecule has 0 spiro atoms. The summed E-state index contributed by atoms with van der Waals surface area (Å²) in [6.45, 7) is 7.40. The Bertz CT molecular complexity index is 1340. The third-order valence-corrected chi connectivity index (χ3v) is 5.62. The minimum atomic E-state index is -1.07. The van der Waals surface area contributed by atoms with Crippen LogP contribution in [0.2, 0.25) is 0 Å². The van der Waals surface area contributed by atoms with Crippen LogP contribution in [0.15, 0.2) is 42.6 Å². The fourth-order valence-corrected chi connectivity index (χ4v) is 3.50. The predicted octanol–water partition coefficient (Wildman–Crippen LogP) is 3.72. The van der Waals surface area contributed by atoms with E-state index in [1.165, 1.54) is 16.9 Å². The lowest BCUT2D eigenvalue weighted by Gasteiger charge is -2.19. The van der Waals surface area contributed by atoms with Crippen LogP contribution in [0.5, 0.6) is 5.75 Å². The van der Waals surface area contributed by atoms with Crippen molar-refractivity contribution in [2.45, 2.75) is 39.8 Å². The molecule has 8 nitrogen and oxygen atoms in total. The van der Waals surface area contributed by atoms with Gasteiger partial charge in [-0.05, 0) is 56.5 Å². The summed E-state index contributed by atoms with van der Waals surface area (Å²) in [5.74, 6) is -0.700. The number of aromatic hydroxyl groups is 1. The third kappa shape index (κ3) is 4.40. The highest BCUT2D eigenvalue weighted by Crippen LogP contribution is 2.29. The number of benzene rings is 2. The van der Waals surface area contributed by atoms with Crippen LogP contribution in [0.4, 0.5) is 10.2 Å². The summed E-state index contributed by atoms with van der Waals surface area (Å²) in [6, 6.07) is 10.6. The number of aryl methyl sites for hydroxylation is 1. The third-order valence-electron chi connectivity index (χ3n) is 5.62. The maximum absolute atomic E-state index is 14.9. The molecule has 0 bridgehead atoms. The van der Waals surface area contributed by atoms with E-state index in [-0.39, 0.29) is 29.5 Å². The first-order valence-electron chi connectivity index (χ1n) is 10.4. The standard InChI is InChI=1S/C24H25FN6O2/c1-13-6-5-7-17(14(13)2)23-27-21(20(25)22(26)28-23)18-12-31(30-29-18)11-15-10-16(24(3,4)33)8-9-19(15)32/h5-10,12,32-33H,11H2,1-4H3,(H2,26,27,28). The van der Waals surface area contributed by atoms with Crippen molar-refractivity contribution >= 4 is 5.82 Å². The molecular formula is C24H25FN6O2. The van der Waals surface area contributed by atoms with Crippen molar-refractivity contribution in [3.05, 3.63) is 70.7 Å². The first-order valence-corrected chi connectivity index (χ1v) is 10.4. The molecule has 0 amide bonds. The number of aromatic nitrogens is 5. The van der Waals surface area contributed by atoms with E-state index >= 15 is 0 Å². The summed E-state index contributed by atoms with van der Waals surface area (Å²) in [4.78, 5) is 8.53. The Labute approximate surface area is 190 Å². The van der Waals surface area contributed by atoms with Gasteiger partial charge in [-0.2, -0.15) is 0 Å².